The lowest BCUT2D eigenvalue weighted by molar-refractivity contribution is -0.182. The first-order valence-corrected chi connectivity index (χ1v) is 37.5. The molecule has 3 unspecified atom stereocenters. The molecule has 0 bridgehead atoms. The Morgan fingerprint density at radius 1 is 0.570 bits per heavy atom. The molecule has 2 saturated heterocycles. The largest absolute Gasteiger partial charge is 0.393 e. The van der Waals surface area contributed by atoms with E-state index in [1.165, 1.54) is 80.9 Å². The van der Waals surface area contributed by atoms with Crippen LogP contribution in [-0.4, -0.2) is 263 Å². The van der Waals surface area contributed by atoms with Gasteiger partial charge in [-0.05, 0) is 126 Å². The van der Waals surface area contributed by atoms with Gasteiger partial charge in [0.05, 0.1) is 32.0 Å². The van der Waals surface area contributed by atoms with Crippen LogP contribution in [0.5, 0.6) is 0 Å². The quantitative estimate of drug-likeness (QED) is 0.181. The van der Waals surface area contributed by atoms with Crippen molar-refractivity contribution < 1.29 is 70.7 Å². The summed E-state index contributed by atoms with van der Waals surface area (Å²) in [4.78, 5) is 190. The van der Waals surface area contributed by atoms with Crippen LogP contribution in [-0.2, 0) is 57.5 Å². The van der Waals surface area contributed by atoms with Crippen molar-refractivity contribution in [1.82, 2.24) is 60.0 Å². The summed E-state index contributed by atoms with van der Waals surface area (Å²) in [6.45, 7) is 8.14. The number of likely N-dealkylation sites (tertiary alicyclic amines) is 1. The summed E-state index contributed by atoms with van der Waals surface area (Å²) >= 11 is 6.39. The Morgan fingerprint density at radius 3 is 1.73 bits per heavy atom. The van der Waals surface area contributed by atoms with Gasteiger partial charge in [0.15, 0.2) is 0 Å². The molecular formula is C72H118ClF3N12O12. The van der Waals surface area contributed by atoms with E-state index in [0.29, 0.717) is 58.0 Å². The first-order valence-electron chi connectivity index (χ1n) is 37.0. The van der Waals surface area contributed by atoms with Crippen LogP contribution in [0, 0.1) is 35.5 Å². The molecule has 1 spiro atoms. The van der Waals surface area contributed by atoms with E-state index in [2.05, 4.69) is 16.0 Å². The highest BCUT2D eigenvalue weighted by atomic mass is 35.5. The second kappa shape index (κ2) is 37.2. The smallest absolute Gasteiger partial charge is 0.343 e. The minimum Gasteiger partial charge on any atom is -0.343 e. The first-order chi connectivity index (χ1) is 47.1. The monoisotopic (exact) mass is 1430 g/mol. The molecular weight excluding hydrogens is 1320 g/mol. The van der Waals surface area contributed by atoms with Crippen molar-refractivity contribution in [2.75, 3.05) is 89.1 Å². The second-order valence-electron chi connectivity index (χ2n) is 30.6. The van der Waals surface area contributed by atoms with Gasteiger partial charge in [-0.1, -0.05) is 98.8 Å². The zero-order valence-corrected chi connectivity index (χ0v) is 62.7. The number of amides is 12. The summed E-state index contributed by atoms with van der Waals surface area (Å²) in [5, 5.41) is 7.54. The number of hydrogen-bond acceptors (Lipinski definition) is 12. The van der Waals surface area contributed by atoms with Crippen LogP contribution in [0.25, 0.3) is 0 Å². The van der Waals surface area contributed by atoms with Crippen molar-refractivity contribution in [3.63, 3.8) is 0 Å². The van der Waals surface area contributed by atoms with Crippen LogP contribution >= 0.6 is 11.6 Å². The fourth-order valence-corrected chi connectivity index (χ4v) is 16.7. The molecule has 3 N–H and O–H groups in total. The third kappa shape index (κ3) is 21.2. The molecule has 2 heterocycles. The topological polar surface area (TPSA) is 270 Å². The van der Waals surface area contributed by atoms with Gasteiger partial charge < -0.3 is 60.0 Å². The van der Waals surface area contributed by atoms with Gasteiger partial charge in [0, 0.05) is 74.8 Å². The van der Waals surface area contributed by atoms with Crippen LogP contribution in [0.15, 0.2) is 0 Å². The summed E-state index contributed by atoms with van der Waals surface area (Å²) in [6.07, 6.45) is 6.33. The molecule has 2 aliphatic heterocycles. The highest BCUT2D eigenvalue weighted by Crippen LogP contribution is 2.44. The molecule has 12 amide bonds. The summed E-state index contributed by atoms with van der Waals surface area (Å²) in [5.41, 5.74) is -1.57. The van der Waals surface area contributed by atoms with Gasteiger partial charge in [-0.2, -0.15) is 13.2 Å². The van der Waals surface area contributed by atoms with E-state index in [0.717, 1.165) is 66.1 Å². The van der Waals surface area contributed by atoms with Crippen LogP contribution in [0.4, 0.5) is 13.2 Å². The van der Waals surface area contributed by atoms with Gasteiger partial charge in [0.25, 0.3) is 0 Å². The van der Waals surface area contributed by atoms with E-state index in [1.807, 2.05) is 20.8 Å². The zero-order valence-electron chi connectivity index (χ0n) is 61.9. The maximum atomic E-state index is 15.7. The lowest BCUT2D eigenvalue weighted by Crippen LogP contribution is -2.65. The number of nitrogens with one attached hydrogen (secondary N) is 3. The number of alkyl halides is 4. The van der Waals surface area contributed by atoms with Crippen molar-refractivity contribution in [2.45, 2.75) is 261 Å². The molecule has 0 aromatic rings. The Balaban J connectivity index is 1.42. The maximum Gasteiger partial charge on any atom is 0.393 e. The van der Waals surface area contributed by atoms with E-state index in [1.54, 1.807) is 18.7 Å². The molecule has 0 aromatic carbocycles. The predicted molar refractivity (Wildman–Crippen MR) is 372 cm³/mol. The Labute approximate surface area is 596 Å². The molecule has 4 saturated carbocycles. The van der Waals surface area contributed by atoms with Crippen molar-refractivity contribution >= 4 is 82.5 Å². The van der Waals surface area contributed by atoms with Crippen molar-refractivity contribution in [1.29, 1.82) is 0 Å². The van der Waals surface area contributed by atoms with Gasteiger partial charge in [-0.15, -0.1) is 11.6 Å². The van der Waals surface area contributed by atoms with Crippen LogP contribution < -0.4 is 16.0 Å². The van der Waals surface area contributed by atoms with E-state index in [4.69, 9.17) is 11.6 Å². The number of rotatable bonds is 12. The lowest BCUT2D eigenvalue weighted by Gasteiger charge is -2.42. The van der Waals surface area contributed by atoms with Crippen molar-refractivity contribution in [3.8, 4) is 0 Å². The first kappa shape index (κ1) is 82.7. The molecule has 28 heteroatoms. The summed E-state index contributed by atoms with van der Waals surface area (Å²) < 4.78 is 42.0. The number of nitrogens with zero attached hydrogens (tertiary/aromatic N) is 9. The lowest BCUT2D eigenvalue weighted by atomic mass is 9.78. The fourth-order valence-electron chi connectivity index (χ4n) is 16.2. The number of piperidine rings is 1. The van der Waals surface area contributed by atoms with E-state index in [-0.39, 0.29) is 82.0 Å². The number of likely N-dealkylation sites (N-methyl/N-ethyl adjacent to an activating group) is 8. The van der Waals surface area contributed by atoms with Crippen LogP contribution in [0.1, 0.15) is 202 Å². The van der Waals surface area contributed by atoms with Gasteiger partial charge in [-0.3, -0.25) is 57.5 Å². The molecule has 24 nitrogen and oxygen atoms in total. The molecule has 100 heavy (non-hydrogen) atoms. The third-order valence-corrected chi connectivity index (χ3v) is 23.4. The maximum absolute atomic E-state index is 15.7. The van der Waals surface area contributed by atoms with Crippen molar-refractivity contribution in [3.05, 3.63) is 0 Å². The molecule has 6 fully saturated rings. The average molecular weight is 1440 g/mol. The van der Waals surface area contributed by atoms with Crippen LogP contribution in [0.2, 0.25) is 0 Å². The molecule has 0 radical (unpaired) electrons. The highest BCUT2D eigenvalue weighted by Gasteiger charge is 2.52. The van der Waals surface area contributed by atoms with Gasteiger partial charge in [0.1, 0.15) is 47.8 Å². The minimum atomic E-state index is -4.51. The molecule has 6 aliphatic rings. The van der Waals surface area contributed by atoms with Gasteiger partial charge in [-0.25, -0.2) is 0 Å². The van der Waals surface area contributed by atoms with Crippen molar-refractivity contribution in [2.24, 2.45) is 35.5 Å². The van der Waals surface area contributed by atoms with Gasteiger partial charge in [0.2, 0.25) is 70.9 Å². The molecule has 0 aromatic heterocycles. The Hall–Kier alpha value is -6.28. The van der Waals surface area contributed by atoms with Crippen LogP contribution in [0.3, 0.4) is 0 Å². The molecule has 4 aliphatic carbocycles. The summed E-state index contributed by atoms with van der Waals surface area (Å²) in [6, 6.07) is -8.68. The third-order valence-electron chi connectivity index (χ3n) is 22.9. The number of carbonyl (C=O) groups excluding carboxylic acids is 12. The van der Waals surface area contributed by atoms with E-state index < -0.39 is 174 Å². The molecule has 6 rings (SSSR count). The Morgan fingerprint density at radius 2 is 1.15 bits per heavy atom. The minimum absolute atomic E-state index is 0.00970. The summed E-state index contributed by atoms with van der Waals surface area (Å²) in [7, 11) is 11.4. The number of carbonyl (C=O) groups is 12. The Bertz CT molecular complexity index is 2870. The highest BCUT2D eigenvalue weighted by molar-refractivity contribution is 6.21. The zero-order chi connectivity index (χ0) is 74.2. The van der Waals surface area contributed by atoms with Gasteiger partial charge >= 0.3 is 6.18 Å². The van der Waals surface area contributed by atoms with E-state index in [9.17, 15) is 41.9 Å². The van der Waals surface area contributed by atoms with E-state index >= 15 is 28.8 Å². The second-order valence-corrected chi connectivity index (χ2v) is 31.1. The molecule has 566 valence electrons. The number of halogens is 4. The SMILES string of the molecule is CC[C@@H]1C(=O)NC2(CCCC2)C(=O)N(C)[C@@H](C2CCCC2)C(=O)N(C)[C@H](C(=O)N2CCCCC2)CC(=O)N(C)[C@@H](CC(C)C)C(=O)N[C@@H]([C@@H](C)CC)C(=O)N(C)CC(=O)N(C)CC(=O)N(C)[C@@H](CC2CCCCC2)C(=O)N(C)CC(=O)N[C@@H](CCC2CCC(C(F)(F)F)C(Cl)C2)C(=O)N1C. The fraction of sp³-hybridized carbons (Fsp3) is 0.833. The molecule has 11 atom stereocenters. The number of hydrogen-bond donors (Lipinski definition) is 3. The average Bonchev–Trinajstić information content (AvgIpc) is 1.46. The Kier molecular flexibility index (Phi) is 30.8. The summed E-state index contributed by atoms with van der Waals surface area (Å²) in [5.74, 6) is -10.8. The normalized spacial score (nSPS) is 29.5. The predicted octanol–water partition coefficient (Wildman–Crippen LogP) is 6.34. The standard InChI is InChI=1S/C72H118ClF3N12O12/c1-14-46(5)61-68(98)82(8)43-59(91)80(6)44-60(92)84(10)55(40-47-26-18-16-19-27-47)66(96)81(7)42-57(89)77-52(33-31-48-30-32-50(51(73)39-48)72(74,75)76)65(95)85(11)53(15-2)64(94)79-71(34-22-23-35-71)70(100)87(13)62(49-28-20-21-29-49)69(99)86(12)56(67(97)88-36-24-17-25-37-88)41-58(90)83(9)54(38-45(3)4)63(93)78-61/h45-56,61-62H,14-44H2,1-13H3,(H,77,89)(H,78,93)(H,79,94)/t46-,48?,50?,51?,52-,53+,54-,55-,56-,61-,62-/m0/s1.